The van der Waals surface area contributed by atoms with Crippen LogP contribution < -0.4 is 9.30 Å². The van der Waals surface area contributed by atoms with Crippen molar-refractivity contribution in [1.82, 2.24) is 0 Å². The highest BCUT2D eigenvalue weighted by Gasteiger charge is 2.18. The summed E-state index contributed by atoms with van der Waals surface area (Å²) in [5.41, 5.74) is 4.07. The van der Waals surface area contributed by atoms with Crippen molar-refractivity contribution in [3.05, 3.63) is 84.2 Å². The molecule has 1 aliphatic carbocycles. The quantitative estimate of drug-likeness (QED) is 0.317. The predicted molar refractivity (Wildman–Crippen MR) is 115 cm³/mol. The molecule has 0 N–H and O–H groups in total. The summed E-state index contributed by atoms with van der Waals surface area (Å²) in [5, 5.41) is 0. The van der Waals surface area contributed by atoms with Crippen molar-refractivity contribution in [2.45, 2.75) is 45.6 Å². The van der Waals surface area contributed by atoms with Gasteiger partial charge in [-0.25, -0.2) is 9.36 Å². The molecule has 0 aliphatic heterocycles. The number of ether oxygens (including phenoxy) is 1. The lowest BCUT2D eigenvalue weighted by molar-refractivity contribution is -0.703. The van der Waals surface area contributed by atoms with Gasteiger partial charge in [-0.2, -0.15) is 0 Å². The summed E-state index contributed by atoms with van der Waals surface area (Å²) in [6, 6.07) is 19.8. The number of nitrogens with zero attached hydrogens (tertiary/aromatic N) is 1. The van der Waals surface area contributed by atoms with Crippen molar-refractivity contribution in [1.29, 1.82) is 0 Å². The molecule has 29 heavy (non-hydrogen) atoms. The van der Waals surface area contributed by atoms with E-state index in [2.05, 4.69) is 35.8 Å². The van der Waals surface area contributed by atoms with E-state index in [0.29, 0.717) is 11.3 Å². The Labute approximate surface area is 173 Å². The summed E-state index contributed by atoms with van der Waals surface area (Å²) in [5.74, 6) is 1.00. The Morgan fingerprint density at radius 1 is 0.862 bits per heavy atom. The van der Waals surface area contributed by atoms with E-state index >= 15 is 0 Å². The zero-order chi connectivity index (χ0) is 20.1. The second-order valence-electron chi connectivity index (χ2n) is 8.07. The number of hydrogen-bond acceptors (Lipinski definition) is 2. The van der Waals surface area contributed by atoms with Gasteiger partial charge in [0, 0.05) is 18.1 Å². The lowest BCUT2D eigenvalue weighted by Crippen LogP contribution is -2.37. The molecule has 0 bridgehead atoms. The molecule has 0 saturated heterocycles. The van der Waals surface area contributed by atoms with E-state index in [4.69, 9.17) is 4.74 Å². The van der Waals surface area contributed by atoms with Gasteiger partial charge in [-0.1, -0.05) is 61.2 Å². The van der Waals surface area contributed by atoms with Gasteiger partial charge in [0.2, 0.25) is 0 Å². The molecule has 2 aromatic carbocycles. The molecule has 1 saturated carbocycles. The van der Waals surface area contributed by atoms with Crippen LogP contribution in [0.3, 0.4) is 0 Å². The first kappa shape index (κ1) is 19.4. The van der Waals surface area contributed by atoms with Crippen molar-refractivity contribution in [3.63, 3.8) is 0 Å². The fourth-order valence-corrected chi connectivity index (χ4v) is 4.01. The van der Waals surface area contributed by atoms with E-state index in [0.717, 1.165) is 23.6 Å². The number of esters is 1. The summed E-state index contributed by atoms with van der Waals surface area (Å²) in [6.07, 6.45) is 10.7. The maximum atomic E-state index is 12.5. The predicted octanol–water partition coefficient (Wildman–Crippen LogP) is 5.75. The molecule has 0 amide bonds. The molecular weight excluding hydrogens is 358 g/mol. The van der Waals surface area contributed by atoms with Crippen LogP contribution in [0.25, 0.3) is 11.1 Å². The van der Waals surface area contributed by atoms with Crippen LogP contribution in [0.4, 0.5) is 0 Å². The lowest BCUT2D eigenvalue weighted by atomic mass is 9.89. The van der Waals surface area contributed by atoms with Gasteiger partial charge in [-0.05, 0) is 43.0 Å². The molecule has 0 spiro atoms. The molecule has 148 valence electrons. The molecule has 1 aromatic heterocycles. The highest BCUT2D eigenvalue weighted by molar-refractivity contribution is 5.90. The number of carbonyl (C=O) groups excluding carboxylic acids is 1. The second kappa shape index (κ2) is 9.04. The molecule has 3 aromatic rings. The third-order valence-electron chi connectivity index (χ3n) is 5.77. The van der Waals surface area contributed by atoms with E-state index in [9.17, 15) is 4.79 Å². The zero-order valence-corrected chi connectivity index (χ0v) is 17.0. The van der Waals surface area contributed by atoms with Crippen LogP contribution in [0.5, 0.6) is 5.75 Å². The Bertz CT molecular complexity index is 938. The van der Waals surface area contributed by atoms with E-state index in [-0.39, 0.29) is 5.97 Å². The first-order valence-corrected chi connectivity index (χ1v) is 10.6. The highest BCUT2D eigenvalue weighted by atomic mass is 16.5. The van der Waals surface area contributed by atoms with Crippen LogP contribution in [-0.2, 0) is 6.54 Å². The molecule has 4 rings (SSSR count). The molecular formula is C26H28NO2+. The summed E-state index contributed by atoms with van der Waals surface area (Å²) in [4.78, 5) is 12.5. The van der Waals surface area contributed by atoms with Gasteiger partial charge in [-0.15, -0.1) is 0 Å². The van der Waals surface area contributed by atoms with Gasteiger partial charge in [0.1, 0.15) is 5.75 Å². The molecule has 0 unspecified atom stereocenters. The first-order chi connectivity index (χ1) is 14.2. The summed E-state index contributed by atoms with van der Waals surface area (Å²) < 4.78 is 7.74. The van der Waals surface area contributed by atoms with Crippen molar-refractivity contribution in [3.8, 4) is 16.9 Å². The normalized spacial score (nSPS) is 14.5. The maximum absolute atomic E-state index is 12.5. The van der Waals surface area contributed by atoms with Crippen LogP contribution in [0.1, 0.15) is 48.0 Å². The molecule has 0 radical (unpaired) electrons. The number of pyridine rings is 1. The standard InChI is InChI=1S/C26H28NO2/c1-20-7-9-22(10-8-20)23-11-13-25(14-12-23)29-26(28)24-15-17-27(18-16-24)19-21-5-3-2-4-6-21/h7-18,21H,2-6,19H2,1H3/q+1. The number of hydrogen-bond donors (Lipinski definition) is 0. The smallest absolute Gasteiger partial charge is 0.343 e. The Morgan fingerprint density at radius 3 is 2.07 bits per heavy atom. The van der Waals surface area contributed by atoms with E-state index in [1.54, 1.807) is 0 Å². The van der Waals surface area contributed by atoms with Crippen LogP contribution in [-0.4, -0.2) is 5.97 Å². The van der Waals surface area contributed by atoms with Crippen LogP contribution in [0, 0.1) is 12.8 Å². The molecule has 1 heterocycles. The maximum Gasteiger partial charge on any atom is 0.343 e. The SMILES string of the molecule is Cc1ccc(-c2ccc(OC(=O)c3cc[n+](CC4CCCCC4)cc3)cc2)cc1. The minimum atomic E-state index is -0.321. The van der Waals surface area contributed by atoms with E-state index < -0.39 is 0 Å². The number of rotatable bonds is 5. The topological polar surface area (TPSA) is 30.2 Å². The Balaban J connectivity index is 1.36. The second-order valence-corrected chi connectivity index (χ2v) is 8.07. The molecule has 0 atom stereocenters. The fourth-order valence-electron chi connectivity index (χ4n) is 4.01. The van der Waals surface area contributed by atoms with E-state index in [1.165, 1.54) is 37.7 Å². The number of aryl methyl sites for hydroxylation is 1. The summed E-state index contributed by atoms with van der Waals surface area (Å²) in [7, 11) is 0. The van der Waals surface area contributed by atoms with Crippen molar-refractivity contribution < 1.29 is 14.1 Å². The van der Waals surface area contributed by atoms with Gasteiger partial charge in [-0.3, -0.25) is 0 Å². The Morgan fingerprint density at radius 2 is 1.45 bits per heavy atom. The molecule has 3 heteroatoms. The zero-order valence-electron chi connectivity index (χ0n) is 17.0. The monoisotopic (exact) mass is 386 g/mol. The molecule has 1 aliphatic rings. The fraction of sp³-hybridized carbons (Fsp3) is 0.308. The third-order valence-corrected chi connectivity index (χ3v) is 5.77. The van der Waals surface area contributed by atoms with Gasteiger partial charge < -0.3 is 4.74 Å². The number of benzene rings is 2. The van der Waals surface area contributed by atoms with Crippen LogP contribution >= 0.6 is 0 Å². The van der Waals surface area contributed by atoms with Gasteiger partial charge in [0.15, 0.2) is 18.9 Å². The van der Waals surface area contributed by atoms with E-state index in [1.807, 2.05) is 48.8 Å². The van der Waals surface area contributed by atoms with Gasteiger partial charge in [0.05, 0.1) is 5.56 Å². The average molecular weight is 387 g/mol. The first-order valence-electron chi connectivity index (χ1n) is 10.6. The lowest BCUT2D eigenvalue weighted by Gasteiger charge is -2.18. The average Bonchev–Trinajstić information content (AvgIpc) is 2.76. The van der Waals surface area contributed by atoms with Crippen LogP contribution in [0.15, 0.2) is 73.1 Å². The Hall–Kier alpha value is -2.94. The summed E-state index contributed by atoms with van der Waals surface area (Å²) in [6.45, 7) is 3.11. The van der Waals surface area contributed by atoms with Gasteiger partial charge in [0.25, 0.3) is 0 Å². The van der Waals surface area contributed by atoms with Crippen molar-refractivity contribution in [2.75, 3.05) is 0 Å². The minimum Gasteiger partial charge on any atom is -0.423 e. The largest absolute Gasteiger partial charge is 0.423 e. The van der Waals surface area contributed by atoms with Gasteiger partial charge >= 0.3 is 5.97 Å². The third kappa shape index (κ3) is 5.11. The summed E-state index contributed by atoms with van der Waals surface area (Å²) >= 11 is 0. The van der Waals surface area contributed by atoms with Crippen molar-refractivity contribution in [2.24, 2.45) is 5.92 Å². The molecule has 3 nitrogen and oxygen atoms in total. The van der Waals surface area contributed by atoms with Crippen LogP contribution in [0.2, 0.25) is 0 Å². The number of aromatic nitrogens is 1. The minimum absolute atomic E-state index is 0.321. The highest BCUT2D eigenvalue weighted by Crippen LogP contribution is 2.24. The molecule has 1 fully saturated rings. The van der Waals surface area contributed by atoms with Crippen molar-refractivity contribution >= 4 is 5.97 Å². The number of carbonyl (C=O) groups is 1. The Kier molecular flexibility index (Phi) is 6.04.